The van der Waals surface area contributed by atoms with E-state index in [1.165, 1.54) is 0 Å². The molecule has 1 heterocycles. The molecule has 0 aliphatic heterocycles. The molecule has 4 aromatic rings. The van der Waals surface area contributed by atoms with Gasteiger partial charge in [0.25, 0.3) is 0 Å². The fourth-order valence-corrected chi connectivity index (χ4v) is 3.76. The summed E-state index contributed by atoms with van der Waals surface area (Å²) in [6.45, 7) is 0.0209. The van der Waals surface area contributed by atoms with Gasteiger partial charge in [-0.2, -0.15) is 0 Å². The van der Waals surface area contributed by atoms with Gasteiger partial charge in [-0.1, -0.05) is 66.7 Å². The van der Waals surface area contributed by atoms with Crippen molar-refractivity contribution in [1.29, 1.82) is 0 Å². The molecular weight excluding hydrogens is 474 g/mol. The summed E-state index contributed by atoms with van der Waals surface area (Å²) in [5.41, 5.74) is 4.37. The number of ether oxygens (including phenoxy) is 1. The zero-order chi connectivity index (χ0) is 26.0. The largest absolute Gasteiger partial charge is 0.481 e. The molecular formula is C27H27N5O5. The van der Waals surface area contributed by atoms with Crippen LogP contribution in [-0.4, -0.2) is 52.7 Å². The summed E-state index contributed by atoms with van der Waals surface area (Å²) in [7, 11) is 0. The van der Waals surface area contributed by atoms with E-state index in [0.717, 1.165) is 22.2 Å². The molecule has 1 unspecified atom stereocenters. The van der Waals surface area contributed by atoms with Crippen molar-refractivity contribution < 1.29 is 24.2 Å². The summed E-state index contributed by atoms with van der Waals surface area (Å²) in [6.07, 6.45) is -1.06. The molecule has 0 radical (unpaired) electrons. The van der Waals surface area contributed by atoms with E-state index in [0.29, 0.717) is 18.1 Å². The predicted octanol–water partition coefficient (Wildman–Crippen LogP) is 3.70. The van der Waals surface area contributed by atoms with Crippen molar-refractivity contribution >= 4 is 35.0 Å². The third-order valence-corrected chi connectivity index (χ3v) is 5.54. The number of carbonyl (C=O) groups is 3. The third-order valence-electron chi connectivity index (χ3n) is 5.54. The molecule has 10 nitrogen and oxygen atoms in total. The normalized spacial score (nSPS) is 11.5. The number of alkyl carbamates (subject to hydrolysis) is 1. The quantitative estimate of drug-likeness (QED) is 0.197. The van der Waals surface area contributed by atoms with Crippen molar-refractivity contribution in [2.45, 2.75) is 12.5 Å². The molecule has 5 N–H and O–H groups in total. The number of rotatable bonds is 11. The number of H-pyrrole nitrogens is 1. The Kier molecular flexibility index (Phi) is 8.33. The highest BCUT2D eigenvalue weighted by molar-refractivity contribution is 5.83. The minimum atomic E-state index is -1.05. The minimum Gasteiger partial charge on any atom is -0.481 e. The molecule has 0 spiro atoms. The van der Waals surface area contributed by atoms with Gasteiger partial charge in [0.15, 0.2) is 0 Å². The minimum absolute atomic E-state index is 0.0555. The first-order chi connectivity index (χ1) is 18.0. The molecule has 2 amide bonds. The van der Waals surface area contributed by atoms with Gasteiger partial charge in [0.05, 0.1) is 30.0 Å². The summed E-state index contributed by atoms with van der Waals surface area (Å²) < 4.78 is 5.07. The van der Waals surface area contributed by atoms with Crippen LogP contribution in [0, 0.1) is 0 Å². The fraction of sp³-hybridized carbons (Fsp3) is 0.185. The topological polar surface area (TPSA) is 145 Å². The van der Waals surface area contributed by atoms with Crippen LogP contribution in [0.1, 0.15) is 18.0 Å². The maximum atomic E-state index is 12.4. The second-order valence-electron chi connectivity index (χ2n) is 8.22. The first-order valence-electron chi connectivity index (χ1n) is 11.7. The van der Waals surface area contributed by atoms with Gasteiger partial charge in [-0.25, -0.2) is 9.78 Å². The molecule has 0 aliphatic rings. The lowest BCUT2D eigenvalue weighted by atomic mass is 9.99. The van der Waals surface area contributed by atoms with Gasteiger partial charge in [-0.05, 0) is 28.8 Å². The number of fused-ring (bicyclic) bond motifs is 1. The number of anilines is 1. The van der Waals surface area contributed by atoms with Crippen LogP contribution in [0.2, 0.25) is 0 Å². The van der Waals surface area contributed by atoms with Crippen molar-refractivity contribution in [3.8, 4) is 11.1 Å². The van der Waals surface area contributed by atoms with Crippen molar-refractivity contribution in [3.05, 3.63) is 84.4 Å². The van der Waals surface area contributed by atoms with Crippen LogP contribution in [0.3, 0.4) is 0 Å². The lowest BCUT2D eigenvalue weighted by Crippen LogP contribution is -2.39. The van der Waals surface area contributed by atoms with E-state index in [1.807, 2.05) is 66.7 Å². The Balaban J connectivity index is 1.22. The Bertz CT molecular complexity index is 1320. The molecule has 4 rings (SSSR count). The Morgan fingerprint density at radius 3 is 2.35 bits per heavy atom. The predicted molar refractivity (Wildman–Crippen MR) is 139 cm³/mol. The van der Waals surface area contributed by atoms with E-state index in [4.69, 9.17) is 4.74 Å². The number of amides is 2. The first-order valence-corrected chi connectivity index (χ1v) is 11.7. The number of carbonyl (C=O) groups excluding carboxylic acids is 2. The highest BCUT2D eigenvalue weighted by atomic mass is 16.5. The van der Waals surface area contributed by atoms with Gasteiger partial charge in [0.1, 0.15) is 13.2 Å². The van der Waals surface area contributed by atoms with Gasteiger partial charge in [0, 0.05) is 0 Å². The number of aromatic amines is 1. The number of nitrogens with zero attached hydrogens (tertiary/aromatic N) is 1. The van der Waals surface area contributed by atoms with Gasteiger partial charge in [-0.3, -0.25) is 9.59 Å². The molecule has 0 bridgehead atoms. The van der Waals surface area contributed by atoms with Crippen molar-refractivity contribution in [3.63, 3.8) is 0 Å². The van der Waals surface area contributed by atoms with E-state index < -0.39 is 24.0 Å². The van der Waals surface area contributed by atoms with Crippen LogP contribution in [0.4, 0.5) is 10.7 Å². The molecule has 190 valence electrons. The molecule has 0 aliphatic carbocycles. The molecule has 0 saturated carbocycles. The molecule has 0 fully saturated rings. The Hall–Kier alpha value is -4.86. The average Bonchev–Trinajstić information content (AvgIpc) is 3.33. The van der Waals surface area contributed by atoms with Crippen LogP contribution in [0.25, 0.3) is 22.2 Å². The second kappa shape index (κ2) is 12.2. The standard InChI is InChI=1S/C27H27N5O5/c33-24(17-29-27(36)37-15-14-28-26-31-21-8-4-5-9-22(21)32-26)30-23(16-25(34)35)20-12-10-19(11-13-20)18-6-2-1-3-7-18/h1-13,23H,14-17H2,(H,29,36)(H,30,33)(H,34,35)(H2,28,31,32). The lowest BCUT2D eigenvalue weighted by molar-refractivity contribution is -0.137. The van der Waals surface area contributed by atoms with E-state index in [9.17, 15) is 19.5 Å². The smallest absolute Gasteiger partial charge is 0.407 e. The first kappa shape index (κ1) is 25.2. The zero-order valence-corrected chi connectivity index (χ0v) is 19.9. The van der Waals surface area contributed by atoms with E-state index in [2.05, 4.69) is 25.9 Å². The Morgan fingerprint density at radius 1 is 0.919 bits per heavy atom. The van der Waals surface area contributed by atoms with Crippen molar-refractivity contribution in [2.75, 3.05) is 25.0 Å². The van der Waals surface area contributed by atoms with Crippen LogP contribution in [-0.2, 0) is 14.3 Å². The number of para-hydroxylation sites is 2. The molecule has 37 heavy (non-hydrogen) atoms. The van der Waals surface area contributed by atoms with Crippen LogP contribution >= 0.6 is 0 Å². The molecule has 3 aromatic carbocycles. The maximum absolute atomic E-state index is 12.4. The lowest BCUT2D eigenvalue weighted by Gasteiger charge is -2.18. The zero-order valence-electron chi connectivity index (χ0n) is 19.9. The van der Waals surface area contributed by atoms with Gasteiger partial charge >= 0.3 is 12.1 Å². The summed E-state index contributed by atoms with van der Waals surface area (Å²) in [4.78, 5) is 43.2. The summed E-state index contributed by atoms with van der Waals surface area (Å²) in [5.74, 6) is -1.02. The van der Waals surface area contributed by atoms with Gasteiger partial charge in [0.2, 0.25) is 11.9 Å². The molecule has 1 atom stereocenters. The summed E-state index contributed by atoms with van der Waals surface area (Å²) in [6, 6.07) is 23.9. The summed E-state index contributed by atoms with van der Waals surface area (Å²) >= 11 is 0. The van der Waals surface area contributed by atoms with Crippen LogP contribution in [0.15, 0.2) is 78.9 Å². The number of aliphatic carboxylic acids is 1. The number of aromatic nitrogens is 2. The number of hydrogen-bond acceptors (Lipinski definition) is 6. The Labute approximate surface area is 213 Å². The van der Waals surface area contributed by atoms with Crippen LogP contribution < -0.4 is 16.0 Å². The van der Waals surface area contributed by atoms with Crippen LogP contribution in [0.5, 0.6) is 0 Å². The van der Waals surface area contributed by atoms with E-state index in [-0.39, 0.29) is 19.6 Å². The number of benzene rings is 3. The SMILES string of the molecule is O=C(O)CC(NC(=O)CNC(=O)OCCNc1nc2ccccc2[nH]1)c1ccc(-c2ccccc2)cc1. The average molecular weight is 502 g/mol. The van der Waals surface area contributed by atoms with Gasteiger partial charge in [-0.15, -0.1) is 0 Å². The second-order valence-corrected chi connectivity index (χ2v) is 8.22. The highest BCUT2D eigenvalue weighted by Gasteiger charge is 2.19. The monoisotopic (exact) mass is 501 g/mol. The number of carboxylic acids is 1. The van der Waals surface area contributed by atoms with Gasteiger partial charge < -0.3 is 30.8 Å². The number of hydrogen-bond donors (Lipinski definition) is 5. The molecule has 1 aromatic heterocycles. The van der Waals surface area contributed by atoms with Crippen molar-refractivity contribution in [2.24, 2.45) is 0 Å². The Morgan fingerprint density at radius 2 is 1.62 bits per heavy atom. The molecule has 10 heteroatoms. The fourth-order valence-electron chi connectivity index (χ4n) is 3.76. The number of carboxylic acid groups (broad SMARTS) is 1. The van der Waals surface area contributed by atoms with Crippen molar-refractivity contribution in [1.82, 2.24) is 20.6 Å². The number of nitrogens with one attached hydrogen (secondary N) is 4. The molecule has 0 saturated heterocycles. The maximum Gasteiger partial charge on any atom is 0.407 e. The third kappa shape index (κ3) is 7.31. The van der Waals surface area contributed by atoms with E-state index >= 15 is 0 Å². The highest BCUT2D eigenvalue weighted by Crippen LogP contribution is 2.23. The number of imidazole rings is 1. The summed E-state index contributed by atoms with van der Waals surface area (Å²) in [5, 5.41) is 17.4. The van der Waals surface area contributed by atoms with E-state index in [1.54, 1.807) is 12.1 Å².